The summed E-state index contributed by atoms with van der Waals surface area (Å²) in [5.41, 5.74) is 10.0. The highest BCUT2D eigenvalue weighted by molar-refractivity contribution is 6.42. The van der Waals surface area contributed by atoms with E-state index in [1.165, 1.54) is 17.7 Å². The van der Waals surface area contributed by atoms with Crippen LogP contribution < -0.4 is 5.73 Å². The molecule has 1 saturated heterocycles. The number of aromatic nitrogens is 2. The topological polar surface area (TPSA) is 90.5 Å². The summed E-state index contributed by atoms with van der Waals surface area (Å²) in [7, 11) is 0. The first-order valence-electron chi connectivity index (χ1n) is 11.1. The van der Waals surface area contributed by atoms with Gasteiger partial charge in [-0.25, -0.2) is 9.07 Å². The molecule has 2 aliphatic carbocycles. The van der Waals surface area contributed by atoms with Gasteiger partial charge in [0.25, 0.3) is 5.91 Å². The lowest BCUT2D eigenvalue weighted by atomic mass is 9.80. The van der Waals surface area contributed by atoms with Gasteiger partial charge in [-0.2, -0.15) is 5.10 Å². The van der Waals surface area contributed by atoms with Gasteiger partial charge in [-0.3, -0.25) is 9.59 Å². The monoisotopic (exact) mass is 443 g/mol. The second-order valence-corrected chi connectivity index (χ2v) is 9.06. The summed E-state index contributed by atoms with van der Waals surface area (Å²) < 4.78 is 21.7. The van der Waals surface area contributed by atoms with Crippen LogP contribution in [0.3, 0.4) is 0 Å². The number of carbonyl (C=O) groups excluding carboxylic acids is 2. The van der Waals surface area contributed by atoms with Crippen LogP contribution in [0.2, 0.25) is 0 Å². The van der Waals surface area contributed by atoms with E-state index in [1.54, 1.807) is 24.3 Å². The number of rotatable bonds is 6. The molecule has 1 amide bonds. The minimum Gasteiger partial charge on any atom is -0.363 e. The number of primary amides is 1. The van der Waals surface area contributed by atoms with Crippen molar-refractivity contribution in [3.8, 4) is 5.69 Å². The summed E-state index contributed by atoms with van der Waals surface area (Å²) in [5, 5.41) is 4.55. The number of fused-ring (bicyclic) bond motifs is 1. The van der Waals surface area contributed by atoms with E-state index >= 15 is 0 Å². The number of halogens is 1. The molecule has 6 rings (SSSR count). The van der Waals surface area contributed by atoms with Gasteiger partial charge >= 0.3 is 0 Å². The van der Waals surface area contributed by atoms with E-state index in [0.29, 0.717) is 12.0 Å². The highest BCUT2D eigenvalue weighted by Gasteiger charge is 2.74. The second kappa shape index (κ2) is 6.96. The maximum atomic E-state index is 13.3. The summed E-state index contributed by atoms with van der Waals surface area (Å²) in [6.07, 6.45) is 8.04. The molecule has 3 aromatic rings. The van der Waals surface area contributed by atoms with Gasteiger partial charge in [0.05, 0.1) is 17.6 Å². The average Bonchev–Trinajstić information content (AvgIpc) is 3.09. The maximum Gasteiger partial charge on any atom is 0.289 e. The number of hydrogen-bond acceptors (Lipinski definition) is 4. The molecule has 2 aromatic carbocycles. The number of aryl methyl sites for hydroxylation is 1. The van der Waals surface area contributed by atoms with Gasteiger partial charge in [-0.1, -0.05) is 24.3 Å². The van der Waals surface area contributed by atoms with Gasteiger partial charge in [-0.05, 0) is 67.2 Å². The van der Waals surface area contributed by atoms with E-state index in [-0.39, 0.29) is 17.0 Å². The SMILES string of the molecule is NC(=O)C(=O)c1ccccc1CCC12CCC3=Cc4c(cnn4-c4ccc(F)cc4)CC31O2. The summed E-state index contributed by atoms with van der Waals surface area (Å²) in [6.45, 7) is 0. The van der Waals surface area contributed by atoms with Crippen molar-refractivity contribution in [1.29, 1.82) is 0 Å². The van der Waals surface area contributed by atoms with E-state index < -0.39 is 11.7 Å². The Hall–Kier alpha value is -3.58. The molecule has 166 valence electrons. The lowest BCUT2D eigenvalue weighted by Crippen LogP contribution is -2.27. The van der Waals surface area contributed by atoms with Crippen LogP contribution in [-0.2, 0) is 22.4 Å². The van der Waals surface area contributed by atoms with Crippen molar-refractivity contribution in [2.75, 3.05) is 0 Å². The second-order valence-electron chi connectivity index (χ2n) is 9.06. The minimum atomic E-state index is -0.941. The first-order valence-corrected chi connectivity index (χ1v) is 11.1. The molecule has 1 spiro atoms. The Bertz CT molecular complexity index is 1340. The Morgan fingerprint density at radius 1 is 1.15 bits per heavy atom. The number of nitrogens with two attached hydrogens (primary N) is 1. The van der Waals surface area contributed by atoms with Crippen LogP contribution in [0.4, 0.5) is 4.39 Å². The Morgan fingerprint density at radius 2 is 1.94 bits per heavy atom. The quantitative estimate of drug-likeness (QED) is 0.358. The van der Waals surface area contributed by atoms with Crippen molar-refractivity contribution >= 4 is 17.8 Å². The van der Waals surface area contributed by atoms with Crippen molar-refractivity contribution in [3.05, 3.63) is 88.5 Å². The predicted octanol–water partition coefficient (Wildman–Crippen LogP) is 3.55. The Morgan fingerprint density at radius 3 is 2.73 bits per heavy atom. The molecule has 1 saturated carbocycles. The van der Waals surface area contributed by atoms with Gasteiger partial charge < -0.3 is 10.5 Å². The largest absolute Gasteiger partial charge is 0.363 e. The zero-order valence-corrected chi connectivity index (χ0v) is 17.9. The van der Waals surface area contributed by atoms with Crippen LogP contribution in [0.15, 0.2) is 60.3 Å². The molecule has 0 bridgehead atoms. The first kappa shape index (κ1) is 20.1. The highest BCUT2D eigenvalue weighted by Crippen LogP contribution is 2.67. The molecule has 2 heterocycles. The number of ether oxygens (including phenoxy) is 1. The molecular weight excluding hydrogens is 421 g/mol. The van der Waals surface area contributed by atoms with Crippen LogP contribution in [0.5, 0.6) is 0 Å². The molecule has 2 unspecified atom stereocenters. The number of benzene rings is 2. The van der Waals surface area contributed by atoms with Gasteiger partial charge in [0.2, 0.25) is 5.78 Å². The lowest BCUT2D eigenvalue weighted by molar-refractivity contribution is -0.114. The fourth-order valence-corrected chi connectivity index (χ4v) is 5.67. The smallest absolute Gasteiger partial charge is 0.289 e. The molecule has 6 nitrogen and oxygen atoms in total. The predicted molar refractivity (Wildman–Crippen MR) is 119 cm³/mol. The van der Waals surface area contributed by atoms with Gasteiger partial charge in [0, 0.05) is 17.5 Å². The standard InChI is InChI=1S/C26H22FN3O3/c27-19-5-7-20(8-6-19)30-22-13-18-10-12-25(26(18,33-25)14-17(22)15-29-30)11-9-16-3-1-2-4-21(16)23(31)24(28)32/h1-8,13,15H,9-12,14H2,(H2,28,32). The minimum absolute atomic E-state index is 0.266. The van der Waals surface area contributed by atoms with Crippen molar-refractivity contribution < 1.29 is 18.7 Å². The lowest BCUT2D eigenvalue weighted by Gasteiger charge is -2.20. The Labute approximate surface area is 189 Å². The summed E-state index contributed by atoms with van der Waals surface area (Å²) >= 11 is 0. The van der Waals surface area contributed by atoms with Crippen molar-refractivity contribution in [2.45, 2.75) is 43.3 Å². The van der Waals surface area contributed by atoms with Crippen LogP contribution in [0.25, 0.3) is 11.8 Å². The van der Waals surface area contributed by atoms with Crippen LogP contribution in [0.1, 0.15) is 46.4 Å². The fraction of sp³-hybridized carbons (Fsp3) is 0.269. The Kier molecular flexibility index (Phi) is 4.23. The molecule has 7 heteroatoms. The van der Waals surface area contributed by atoms with Gasteiger partial charge in [-0.15, -0.1) is 0 Å². The maximum absolute atomic E-state index is 13.3. The molecule has 0 radical (unpaired) electrons. The molecule has 3 aliphatic rings. The summed E-state index contributed by atoms with van der Waals surface area (Å²) in [4.78, 5) is 23.6. The molecule has 1 aromatic heterocycles. The van der Waals surface area contributed by atoms with Gasteiger partial charge in [0.1, 0.15) is 17.0 Å². The number of carbonyl (C=O) groups is 2. The zero-order valence-electron chi connectivity index (χ0n) is 17.9. The van der Waals surface area contributed by atoms with E-state index in [1.807, 2.05) is 23.0 Å². The van der Waals surface area contributed by atoms with E-state index in [0.717, 1.165) is 48.2 Å². The Balaban J connectivity index is 1.26. The molecular formula is C26H22FN3O3. The average molecular weight is 443 g/mol. The first-order chi connectivity index (χ1) is 15.9. The summed E-state index contributed by atoms with van der Waals surface area (Å²) in [5.74, 6) is -1.87. The third kappa shape index (κ3) is 2.92. The van der Waals surface area contributed by atoms with E-state index in [4.69, 9.17) is 10.5 Å². The highest BCUT2D eigenvalue weighted by atomic mass is 19.1. The normalized spacial score (nSPS) is 24.5. The number of epoxide rings is 1. The number of nitrogens with zero attached hydrogens (tertiary/aromatic N) is 2. The third-order valence-corrected chi connectivity index (χ3v) is 7.37. The van der Waals surface area contributed by atoms with Crippen LogP contribution in [0, 0.1) is 5.82 Å². The summed E-state index contributed by atoms with van der Waals surface area (Å²) in [6, 6.07) is 13.5. The number of hydrogen-bond donors (Lipinski definition) is 1. The van der Waals surface area contributed by atoms with E-state index in [2.05, 4.69) is 11.2 Å². The third-order valence-electron chi connectivity index (χ3n) is 7.37. The number of Topliss-reactive ketones (excluding diaryl/α,β-unsaturated/α-hetero) is 1. The van der Waals surface area contributed by atoms with Crippen molar-refractivity contribution in [3.63, 3.8) is 0 Å². The zero-order chi connectivity index (χ0) is 22.8. The van der Waals surface area contributed by atoms with E-state index in [9.17, 15) is 14.0 Å². The fourth-order valence-electron chi connectivity index (χ4n) is 5.67. The number of amides is 1. The number of ketones is 1. The molecule has 2 N–H and O–H groups in total. The van der Waals surface area contributed by atoms with Crippen LogP contribution in [-0.4, -0.2) is 32.7 Å². The van der Waals surface area contributed by atoms with Crippen molar-refractivity contribution in [2.24, 2.45) is 5.73 Å². The molecule has 2 fully saturated rings. The van der Waals surface area contributed by atoms with Crippen LogP contribution >= 0.6 is 0 Å². The van der Waals surface area contributed by atoms with Crippen molar-refractivity contribution in [1.82, 2.24) is 9.78 Å². The molecule has 1 aliphatic heterocycles. The molecule has 2 atom stereocenters. The molecule has 33 heavy (non-hydrogen) atoms. The van der Waals surface area contributed by atoms with Gasteiger partial charge in [0.15, 0.2) is 0 Å².